The molecule has 0 spiro atoms. The van der Waals surface area contributed by atoms with E-state index in [1.807, 2.05) is 42.2 Å². The first kappa shape index (κ1) is 17.1. The van der Waals surface area contributed by atoms with Crippen molar-refractivity contribution in [3.05, 3.63) is 42.0 Å². The van der Waals surface area contributed by atoms with Crippen molar-refractivity contribution in [3.63, 3.8) is 0 Å². The normalized spacial score (nSPS) is 23.5. The number of imidazole rings is 1. The second kappa shape index (κ2) is 7.15. The van der Waals surface area contributed by atoms with E-state index in [2.05, 4.69) is 20.3 Å². The summed E-state index contributed by atoms with van der Waals surface area (Å²) in [6.45, 7) is 1.58. The minimum Gasteiger partial charge on any atom is -0.336 e. The standard InChI is InChI=1S/C19H26N6O/c1-24-8-7-21-19(24)17-15(5-6-16(26)25(17)2)12-20-9-13-10-22-18(23-11-13)14-3-4-14/h7-8,10-11,14-15,17,20H,3-6,9,12H2,1-2H3/t15-,17+/m1/s1. The number of amides is 1. The van der Waals surface area contributed by atoms with Gasteiger partial charge < -0.3 is 14.8 Å². The maximum absolute atomic E-state index is 12.2. The summed E-state index contributed by atoms with van der Waals surface area (Å²) >= 11 is 0. The molecule has 1 amide bonds. The summed E-state index contributed by atoms with van der Waals surface area (Å²) in [7, 11) is 3.87. The van der Waals surface area contributed by atoms with E-state index >= 15 is 0 Å². The Labute approximate surface area is 153 Å². The summed E-state index contributed by atoms with van der Waals surface area (Å²) in [5.41, 5.74) is 1.10. The molecule has 1 N–H and O–H groups in total. The maximum Gasteiger partial charge on any atom is 0.222 e. The van der Waals surface area contributed by atoms with Crippen molar-refractivity contribution < 1.29 is 4.79 Å². The lowest BCUT2D eigenvalue weighted by Gasteiger charge is -2.38. The molecule has 2 atom stereocenters. The van der Waals surface area contributed by atoms with Crippen LogP contribution in [0.5, 0.6) is 0 Å². The zero-order chi connectivity index (χ0) is 18.1. The summed E-state index contributed by atoms with van der Waals surface area (Å²) in [5.74, 6) is 3.05. The number of hydrogen-bond donors (Lipinski definition) is 1. The van der Waals surface area contributed by atoms with Gasteiger partial charge >= 0.3 is 0 Å². The Hall–Kier alpha value is -2.28. The molecule has 3 heterocycles. The van der Waals surface area contributed by atoms with Crippen LogP contribution in [0.25, 0.3) is 0 Å². The zero-order valence-electron chi connectivity index (χ0n) is 15.4. The average molecular weight is 354 g/mol. The fraction of sp³-hybridized carbons (Fsp3) is 0.579. The number of carbonyl (C=O) groups excluding carboxylic acids is 1. The molecule has 1 saturated heterocycles. The largest absolute Gasteiger partial charge is 0.336 e. The fourth-order valence-electron chi connectivity index (χ4n) is 3.78. The van der Waals surface area contributed by atoms with Crippen molar-refractivity contribution in [2.24, 2.45) is 13.0 Å². The van der Waals surface area contributed by atoms with Gasteiger partial charge in [-0.25, -0.2) is 15.0 Å². The lowest BCUT2D eigenvalue weighted by atomic mass is 9.88. The summed E-state index contributed by atoms with van der Waals surface area (Å²) < 4.78 is 2.01. The molecule has 4 rings (SSSR count). The molecule has 2 aromatic rings. The molecule has 0 radical (unpaired) electrons. The molecule has 0 aromatic carbocycles. The number of nitrogens with one attached hydrogen (secondary N) is 1. The van der Waals surface area contributed by atoms with Crippen molar-refractivity contribution in [1.29, 1.82) is 0 Å². The van der Waals surface area contributed by atoms with E-state index in [4.69, 9.17) is 0 Å². The minimum absolute atomic E-state index is 0.0113. The first-order valence-corrected chi connectivity index (χ1v) is 9.38. The van der Waals surface area contributed by atoms with Crippen molar-refractivity contribution in [1.82, 2.24) is 29.7 Å². The molecule has 26 heavy (non-hydrogen) atoms. The van der Waals surface area contributed by atoms with Gasteiger partial charge in [0.05, 0.1) is 6.04 Å². The van der Waals surface area contributed by atoms with Crippen LogP contribution in [-0.4, -0.2) is 43.9 Å². The smallest absolute Gasteiger partial charge is 0.222 e. The predicted molar refractivity (Wildman–Crippen MR) is 97.2 cm³/mol. The number of aryl methyl sites for hydroxylation is 1. The molecule has 0 bridgehead atoms. The molecule has 2 fully saturated rings. The van der Waals surface area contributed by atoms with Gasteiger partial charge in [0.2, 0.25) is 5.91 Å². The number of hydrogen-bond acceptors (Lipinski definition) is 5. The van der Waals surface area contributed by atoms with Crippen molar-refractivity contribution in [3.8, 4) is 0 Å². The van der Waals surface area contributed by atoms with Gasteiger partial charge in [0, 0.05) is 69.9 Å². The van der Waals surface area contributed by atoms with Crippen molar-refractivity contribution in [2.75, 3.05) is 13.6 Å². The van der Waals surface area contributed by atoms with Crippen LogP contribution >= 0.6 is 0 Å². The Kier molecular flexibility index (Phi) is 4.72. The Morgan fingerprint density at radius 2 is 1.92 bits per heavy atom. The molecule has 2 aliphatic rings. The van der Waals surface area contributed by atoms with E-state index in [9.17, 15) is 4.79 Å². The van der Waals surface area contributed by atoms with Crippen LogP contribution in [0.1, 0.15) is 54.9 Å². The molecular formula is C19H26N6O. The Morgan fingerprint density at radius 3 is 2.58 bits per heavy atom. The van der Waals surface area contributed by atoms with E-state index in [1.165, 1.54) is 12.8 Å². The number of carbonyl (C=O) groups is 1. The third-order valence-electron chi connectivity index (χ3n) is 5.51. The number of aromatic nitrogens is 4. The highest BCUT2D eigenvalue weighted by molar-refractivity contribution is 5.77. The third-order valence-corrected chi connectivity index (χ3v) is 5.51. The Bertz CT molecular complexity index is 767. The van der Waals surface area contributed by atoms with Gasteiger partial charge in [-0.05, 0) is 25.2 Å². The molecule has 0 unspecified atom stereocenters. The highest BCUT2D eigenvalue weighted by Crippen LogP contribution is 2.37. The van der Waals surface area contributed by atoms with Gasteiger partial charge in [0.1, 0.15) is 11.6 Å². The second-order valence-electron chi connectivity index (χ2n) is 7.50. The number of piperidine rings is 1. The van der Waals surface area contributed by atoms with Crippen LogP contribution in [0.2, 0.25) is 0 Å². The number of nitrogens with zero attached hydrogens (tertiary/aromatic N) is 5. The first-order chi connectivity index (χ1) is 12.6. The van der Waals surface area contributed by atoms with Crippen LogP contribution in [-0.2, 0) is 18.4 Å². The zero-order valence-corrected chi connectivity index (χ0v) is 15.4. The second-order valence-corrected chi connectivity index (χ2v) is 7.50. The molecule has 1 aliphatic carbocycles. The van der Waals surface area contributed by atoms with Crippen molar-refractivity contribution >= 4 is 5.91 Å². The van der Waals surface area contributed by atoms with E-state index in [0.29, 0.717) is 18.3 Å². The lowest BCUT2D eigenvalue weighted by molar-refractivity contribution is -0.137. The summed E-state index contributed by atoms with van der Waals surface area (Å²) in [4.78, 5) is 27.5. The molecule has 138 valence electrons. The first-order valence-electron chi connectivity index (χ1n) is 9.38. The highest BCUT2D eigenvalue weighted by Gasteiger charge is 2.36. The van der Waals surface area contributed by atoms with E-state index in [1.54, 1.807) is 6.20 Å². The lowest BCUT2D eigenvalue weighted by Crippen LogP contribution is -2.44. The fourth-order valence-corrected chi connectivity index (χ4v) is 3.78. The molecule has 7 heteroatoms. The maximum atomic E-state index is 12.2. The molecule has 1 saturated carbocycles. The minimum atomic E-state index is 0.0113. The SMILES string of the molecule is CN1C(=O)CC[C@H](CNCc2cnc(C3CC3)nc2)[C@H]1c1nccn1C. The third kappa shape index (κ3) is 3.49. The Morgan fingerprint density at radius 1 is 1.15 bits per heavy atom. The van der Waals surface area contributed by atoms with Gasteiger partial charge in [0.15, 0.2) is 0 Å². The monoisotopic (exact) mass is 354 g/mol. The van der Waals surface area contributed by atoms with Gasteiger partial charge in [0.25, 0.3) is 0 Å². The molecule has 7 nitrogen and oxygen atoms in total. The van der Waals surface area contributed by atoms with E-state index < -0.39 is 0 Å². The number of rotatable bonds is 6. The van der Waals surface area contributed by atoms with Gasteiger partial charge in [-0.2, -0.15) is 0 Å². The average Bonchev–Trinajstić information content (AvgIpc) is 3.41. The quantitative estimate of drug-likeness (QED) is 0.856. The van der Waals surface area contributed by atoms with E-state index in [0.717, 1.165) is 36.7 Å². The highest BCUT2D eigenvalue weighted by atomic mass is 16.2. The van der Waals surface area contributed by atoms with Crippen molar-refractivity contribution in [2.45, 2.75) is 44.2 Å². The number of likely N-dealkylation sites (tertiary alicyclic amines) is 1. The Balaban J connectivity index is 1.39. The van der Waals surface area contributed by atoms with Gasteiger partial charge in [-0.15, -0.1) is 0 Å². The predicted octanol–water partition coefficient (Wildman–Crippen LogP) is 1.79. The molecule has 2 aromatic heterocycles. The van der Waals surface area contributed by atoms with Gasteiger partial charge in [-0.3, -0.25) is 4.79 Å². The summed E-state index contributed by atoms with van der Waals surface area (Å²) in [6.07, 6.45) is 11.5. The van der Waals surface area contributed by atoms with Crippen LogP contribution in [0.4, 0.5) is 0 Å². The van der Waals surface area contributed by atoms with Crippen LogP contribution in [0, 0.1) is 5.92 Å². The van der Waals surface area contributed by atoms with Gasteiger partial charge in [-0.1, -0.05) is 0 Å². The molecule has 1 aliphatic heterocycles. The topological polar surface area (TPSA) is 75.9 Å². The summed E-state index contributed by atoms with van der Waals surface area (Å²) in [5, 5.41) is 3.53. The van der Waals surface area contributed by atoms with E-state index in [-0.39, 0.29) is 11.9 Å². The summed E-state index contributed by atoms with van der Waals surface area (Å²) in [6, 6.07) is 0.0113. The van der Waals surface area contributed by atoms with Crippen LogP contribution in [0.3, 0.4) is 0 Å². The molecular weight excluding hydrogens is 328 g/mol. The van der Waals surface area contributed by atoms with Crippen LogP contribution < -0.4 is 5.32 Å². The van der Waals surface area contributed by atoms with Crippen LogP contribution in [0.15, 0.2) is 24.8 Å².